The van der Waals surface area contributed by atoms with Gasteiger partial charge in [-0.25, -0.2) is 0 Å². The molecule has 0 fully saturated rings. The Hall–Kier alpha value is -1.51. The fraction of sp³-hybridized carbons (Fsp3) is 0.500. The van der Waals surface area contributed by atoms with Crippen LogP contribution in [0.5, 0.6) is 0 Å². The lowest BCUT2D eigenvalue weighted by atomic mass is 10.0. The van der Waals surface area contributed by atoms with E-state index in [1.54, 1.807) is 0 Å². The van der Waals surface area contributed by atoms with Crippen LogP contribution in [0.25, 0.3) is 0 Å². The van der Waals surface area contributed by atoms with Gasteiger partial charge in [0.05, 0.1) is 7.11 Å². The first-order valence-corrected chi connectivity index (χ1v) is 6.10. The third kappa shape index (κ3) is 2.78. The molecule has 0 atom stereocenters. The molecule has 1 aromatic carbocycles. The van der Waals surface area contributed by atoms with Gasteiger partial charge in [-0.1, -0.05) is 12.1 Å². The summed E-state index contributed by atoms with van der Waals surface area (Å²) in [5.41, 5.74) is 4.10. The van der Waals surface area contributed by atoms with Gasteiger partial charge in [0.25, 0.3) is 0 Å². The molecule has 0 aromatic heterocycles. The molecule has 0 aliphatic carbocycles. The zero-order valence-electron chi connectivity index (χ0n) is 10.5. The lowest BCUT2D eigenvalue weighted by Crippen LogP contribution is -2.12. The number of fused-ring (bicyclic) bond motifs is 1. The highest BCUT2D eigenvalue weighted by molar-refractivity contribution is 5.69. The summed E-state index contributed by atoms with van der Waals surface area (Å²) < 4.78 is 4.63. The SMILES string of the molecule is COC(=O)CCCc1ccc2c(c1)CCN2C. The van der Waals surface area contributed by atoms with Gasteiger partial charge in [-0.2, -0.15) is 0 Å². The average molecular weight is 233 g/mol. The van der Waals surface area contributed by atoms with Crippen molar-refractivity contribution in [2.45, 2.75) is 25.7 Å². The van der Waals surface area contributed by atoms with E-state index in [-0.39, 0.29) is 5.97 Å². The number of likely N-dealkylation sites (N-methyl/N-ethyl adjacent to an activating group) is 1. The maximum atomic E-state index is 11.0. The summed E-state index contributed by atoms with van der Waals surface area (Å²) in [6, 6.07) is 6.63. The summed E-state index contributed by atoms with van der Waals surface area (Å²) in [4.78, 5) is 13.3. The monoisotopic (exact) mass is 233 g/mol. The highest BCUT2D eigenvalue weighted by atomic mass is 16.5. The lowest BCUT2D eigenvalue weighted by molar-refractivity contribution is -0.140. The van der Waals surface area contributed by atoms with Gasteiger partial charge < -0.3 is 9.64 Å². The molecule has 17 heavy (non-hydrogen) atoms. The number of aryl methyl sites for hydroxylation is 1. The van der Waals surface area contributed by atoms with Crippen LogP contribution in [0.2, 0.25) is 0 Å². The third-order valence-corrected chi connectivity index (χ3v) is 3.35. The Balaban J connectivity index is 1.92. The van der Waals surface area contributed by atoms with E-state index in [2.05, 4.69) is 34.9 Å². The summed E-state index contributed by atoms with van der Waals surface area (Å²) in [5.74, 6) is -0.120. The standard InChI is InChI=1S/C14H19NO2/c1-15-9-8-12-10-11(6-7-13(12)15)4-3-5-14(16)17-2/h6-7,10H,3-5,8-9H2,1-2H3. The van der Waals surface area contributed by atoms with Crippen molar-refractivity contribution in [3.63, 3.8) is 0 Å². The van der Waals surface area contributed by atoms with E-state index in [9.17, 15) is 4.79 Å². The highest BCUT2D eigenvalue weighted by Gasteiger charge is 2.15. The van der Waals surface area contributed by atoms with Gasteiger partial charge in [-0.3, -0.25) is 4.79 Å². The lowest BCUT2D eigenvalue weighted by Gasteiger charge is -2.12. The van der Waals surface area contributed by atoms with Crippen molar-refractivity contribution in [3.05, 3.63) is 29.3 Å². The van der Waals surface area contributed by atoms with Gasteiger partial charge in [-0.15, -0.1) is 0 Å². The Morgan fingerprint density at radius 2 is 2.29 bits per heavy atom. The van der Waals surface area contributed by atoms with Crippen LogP contribution >= 0.6 is 0 Å². The van der Waals surface area contributed by atoms with Crippen molar-refractivity contribution in [1.29, 1.82) is 0 Å². The van der Waals surface area contributed by atoms with Crippen LogP contribution in [0.1, 0.15) is 24.0 Å². The minimum Gasteiger partial charge on any atom is -0.469 e. The van der Waals surface area contributed by atoms with E-state index in [4.69, 9.17) is 0 Å². The van der Waals surface area contributed by atoms with Crippen LogP contribution < -0.4 is 4.90 Å². The van der Waals surface area contributed by atoms with Crippen LogP contribution in [0.15, 0.2) is 18.2 Å². The van der Waals surface area contributed by atoms with E-state index < -0.39 is 0 Å². The van der Waals surface area contributed by atoms with Crippen LogP contribution in [0, 0.1) is 0 Å². The number of carbonyl (C=O) groups is 1. The second kappa shape index (κ2) is 5.21. The molecule has 2 rings (SSSR count). The molecular weight excluding hydrogens is 214 g/mol. The van der Waals surface area contributed by atoms with Gasteiger partial charge in [0.15, 0.2) is 0 Å². The molecule has 0 spiro atoms. The predicted octanol–water partition coefficient (Wildman–Crippen LogP) is 2.17. The minimum atomic E-state index is -0.120. The average Bonchev–Trinajstić information content (AvgIpc) is 2.70. The van der Waals surface area contributed by atoms with Crippen molar-refractivity contribution in [3.8, 4) is 0 Å². The molecule has 3 heteroatoms. The van der Waals surface area contributed by atoms with Crippen LogP contribution in [0.3, 0.4) is 0 Å². The van der Waals surface area contributed by atoms with E-state index in [1.165, 1.54) is 23.9 Å². The normalized spacial score (nSPS) is 13.6. The molecule has 0 saturated carbocycles. The van der Waals surface area contributed by atoms with E-state index >= 15 is 0 Å². The summed E-state index contributed by atoms with van der Waals surface area (Å²) in [5, 5.41) is 0. The molecule has 0 bridgehead atoms. The predicted molar refractivity (Wildman–Crippen MR) is 68.4 cm³/mol. The summed E-state index contributed by atoms with van der Waals surface area (Å²) in [7, 11) is 3.57. The van der Waals surface area contributed by atoms with Crippen LogP contribution in [-0.4, -0.2) is 26.7 Å². The first kappa shape index (κ1) is 12.0. The molecular formula is C14H19NO2. The molecule has 1 heterocycles. The van der Waals surface area contributed by atoms with Crippen LogP contribution in [-0.2, 0) is 22.4 Å². The zero-order chi connectivity index (χ0) is 12.3. The Morgan fingerprint density at radius 1 is 1.47 bits per heavy atom. The van der Waals surface area contributed by atoms with Crippen molar-refractivity contribution in [1.82, 2.24) is 0 Å². The Morgan fingerprint density at radius 3 is 3.06 bits per heavy atom. The molecule has 92 valence electrons. The van der Waals surface area contributed by atoms with Gasteiger partial charge in [0.2, 0.25) is 0 Å². The van der Waals surface area contributed by atoms with E-state index in [0.29, 0.717) is 6.42 Å². The smallest absolute Gasteiger partial charge is 0.305 e. The maximum Gasteiger partial charge on any atom is 0.305 e. The molecule has 1 aliphatic heterocycles. The van der Waals surface area contributed by atoms with E-state index in [1.807, 2.05) is 0 Å². The molecule has 1 aromatic rings. The summed E-state index contributed by atoms with van der Waals surface area (Å²) >= 11 is 0. The molecule has 0 saturated heterocycles. The van der Waals surface area contributed by atoms with Crippen molar-refractivity contribution in [2.75, 3.05) is 25.6 Å². The highest BCUT2D eigenvalue weighted by Crippen LogP contribution is 2.27. The van der Waals surface area contributed by atoms with Gasteiger partial charge in [0.1, 0.15) is 0 Å². The van der Waals surface area contributed by atoms with Gasteiger partial charge in [-0.05, 0) is 36.5 Å². The van der Waals surface area contributed by atoms with Crippen molar-refractivity contribution < 1.29 is 9.53 Å². The molecule has 0 radical (unpaired) electrons. The summed E-state index contributed by atoms with van der Waals surface area (Å²) in [6.45, 7) is 1.11. The number of hydrogen-bond donors (Lipinski definition) is 0. The number of hydrogen-bond acceptors (Lipinski definition) is 3. The number of rotatable bonds is 4. The zero-order valence-corrected chi connectivity index (χ0v) is 10.5. The molecule has 1 aliphatic rings. The number of nitrogens with zero attached hydrogens (tertiary/aromatic N) is 1. The Bertz CT molecular complexity index is 415. The largest absolute Gasteiger partial charge is 0.469 e. The number of esters is 1. The second-order valence-corrected chi connectivity index (χ2v) is 4.56. The molecule has 0 N–H and O–H groups in total. The topological polar surface area (TPSA) is 29.5 Å². The Labute approximate surface area is 102 Å². The van der Waals surface area contributed by atoms with Gasteiger partial charge >= 0.3 is 5.97 Å². The fourth-order valence-electron chi connectivity index (χ4n) is 2.31. The van der Waals surface area contributed by atoms with Crippen molar-refractivity contribution in [2.24, 2.45) is 0 Å². The third-order valence-electron chi connectivity index (χ3n) is 3.35. The Kier molecular flexibility index (Phi) is 3.67. The quantitative estimate of drug-likeness (QED) is 0.746. The number of carbonyl (C=O) groups excluding carboxylic acids is 1. The number of benzene rings is 1. The fourth-order valence-corrected chi connectivity index (χ4v) is 2.31. The maximum absolute atomic E-state index is 11.0. The first-order valence-electron chi connectivity index (χ1n) is 6.10. The minimum absolute atomic E-state index is 0.120. The first-order chi connectivity index (χ1) is 8.20. The van der Waals surface area contributed by atoms with Gasteiger partial charge in [0, 0.05) is 25.7 Å². The second-order valence-electron chi connectivity index (χ2n) is 4.56. The van der Waals surface area contributed by atoms with E-state index in [0.717, 1.165) is 25.8 Å². The molecule has 3 nitrogen and oxygen atoms in total. The number of methoxy groups -OCH3 is 1. The summed E-state index contributed by atoms with van der Waals surface area (Å²) in [6.07, 6.45) is 3.46. The molecule has 0 unspecified atom stereocenters. The molecule has 0 amide bonds. The number of anilines is 1. The van der Waals surface area contributed by atoms with Crippen LogP contribution in [0.4, 0.5) is 5.69 Å². The van der Waals surface area contributed by atoms with Crippen molar-refractivity contribution >= 4 is 11.7 Å². The number of ether oxygens (including phenoxy) is 1.